The number of anilines is 2. The lowest BCUT2D eigenvalue weighted by Crippen LogP contribution is -2.07. The highest BCUT2D eigenvalue weighted by atomic mass is 127. The van der Waals surface area contributed by atoms with E-state index in [-0.39, 0.29) is 15.2 Å². The van der Waals surface area contributed by atoms with Crippen molar-refractivity contribution in [3.8, 4) is 0 Å². The maximum atomic E-state index is 14.0. The average molecular weight is 488 g/mol. The van der Waals surface area contributed by atoms with Crippen molar-refractivity contribution in [1.29, 1.82) is 0 Å². The third-order valence-corrected chi connectivity index (χ3v) is 4.14. The SMILES string of the molecule is O=C(O)c1cc(Br)c(F)c(F)c1Nc1ccc(I)cc1Cl. The van der Waals surface area contributed by atoms with Gasteiger partial charge in [0.1, 0.15) is 0 Å². The molecule has 0 amide bonds. The van der Waals surface area contributed by atoms with E-state index in [9.17, 15) is 13.6 Å². The smallest absolute Gasteiger partial charge is 0.337 e. The van der Waals surface area contributed by atoms with Crippen LogP contribution in [-0.4, -0.2) is 11.1 Å². The molecule has 2 aromatic rings. The van der Waals surface area contributed by atoms with Crippen LogP contribution in [0.1, 0.15) is 10.4 Å². The van der Waals surface area contributed by atoms with E-state index in [2.05, 4.69) is 21.2 Å². The predicted octanol–water partition coefficient (Wildman–Crippen LogP) is 5.43. The number of benzene rings is 2. The Labute approximate surface area is 145 Å². The molecule has 0 aliphatic heterocycles. The highest BCUT2D eigenvalue weighted by molar-refractivity contribution is 14.1. The van der Waals surface area contributed by atoms with Crippen molar-refractivity contribution in [2.24, 2.45) is 0 Å². The van der Waals surface area contributed by atoms with Gasteiger partial charge in [-0.15, -0.1) is 0 Å². The number of hydrogen-bond acceptors (Lipinski definition) is 2. The first-order valence-corrected chi connectivity index (χ1v) is 7.69. The fourth-order valence-electron chi connectivity index (χ4n) is 1.61. The largest absolute Gasteiger partial charge is 0.478 e. The van der Waals surface area contributed by atoms with E-state index in [1.165, 1.54) is 0 Å². The van der Waals surface area contributed by atoms with Crippen LogP contribution in [0, 0.1) is 15.2 Å². The number of hydrogen-bond donors (Lipinski definition) is 2. The van der Waals surface area contributed by atoms with Crippen LogP contribution in [0.5, 0.6) is 0 Å². The molecule has 0 aliphatic rings. The summed E-state index contributed by atoms with van der Waals surface area (Å²) in [6, 6.07) is 5.85. The third-order valence-electron chi connectivity index (χ3n) is 2.58. The number of nitrogens with one attached hydrogen (secondary N) is 1. The Morgan fingerprint density at radius 2 is 1.95 bits per heavy atom. The topological polar surface area (TPSA) is 49.3 Å². The Balaban J connectivity index is 2.57. The molecule has 2 N–H and O–H groups in total. The first-order valence-electron chi connectivity index (χ1n) is 5.44. The van der Waals surface area contributed by atoms with Crippen LogP contribution in [0.3, 0.4) is 0 Å². The van der Waals surface area contributed by atoms with Gasteiger partial charge in [-0.3, -0.25) is 0 Å². The number of halogens is 5. The van der Waals surface area contributed by atoms with Crippen LogP contribution in [0.25, 0.3) is 0 Å². The van der Waals surface area contributed by atoms with Crippen LogP contribution < -0.4 is 5.32 Å². The summed E-state index contributed by atoms with van der Waals surface area (Å²) in [5.41, 5.74) is -0.609. The molecular formula is C13H6BrClF2INO2. The van der Waals surface area contributed by atoms with Crippen molar-refractivity contribution in [2.75, 3.05) is 5.32 Å². The molecule has 0 saturated heterocycles. The second kappa shape index (κ2) is 6.45. The molecule has 0 atom stereocenters. The van der Waals surface area contributed by atoms with Gasteiger partial charge in [-0.25, -0.2) is 13.6 Å². The molecule has 0 unspecified atom stereocenters. The van der Waals surface area contributed by atoms with Gasteiger partial charge in [-0.05, 0) is 62.8 Å². The van der Waals surface area contributed by atoms with Gasteiger partial charge in [0.25, 0.3) is 0 Å². The van der Waals surface area contributed by atoms with E-state index in [1.807, 2.05) is 22.6 Å². The van der Waals surface area contributed by atoms with Gasteiger partial charge in [0.2, 0.25) is 0 Å². The summed E-state index contributed by atoms with van der Waals surface area (Å²) in [7, 11) is 0. The number of carbonyl (C=O) groups is 1. The quantitative estimate of drug-likeness (QED) is 0.448. The van der Waals surface area contributed by atoms with E-state index in [0.717, 1.165) is 9.64 Å². The summed E-state index contributed by atoms with van der Waals surface area (Å²) in [5.74, 6) is -3.86. The summed E-state index contributed by atoms with van der Waals surface area (Å²) in [5, 5.41) is 11.9. The van der Waals surface area contributed by atoms with E-state index in [0.29, 0.717) is 0 Å². The summed E-state index contributed by atoms with van der Waals surface area (Å²) < 4.78 is 28.2. The fraction of sp³-hybridized carbons (Fsp3) is 0. The Morgan fingerprint density at radius 3 is 2.52 bits per heavy atom. The lowest BCUT2D eigenvalue weighted by atomic mass is 10.1. The minimum atomic E-state index is -1.39. The van der Waals surface area contributed by atoms with Crippen LogP contribution in [0.2, 0.25) is 5.02 Å². The summed E-state index contributed by atoms with van der Waals surface area (Å²) in [6.45, 7) is 0. The zero-order valence-electron chi connectivity index (χ0n) is 10.1. The summed E-state index contributed by atoms with van der Waals surface area (Å²) in [6.07, 6.45) is 0. The molecule has 0 aromatic heterocycles. The van der Waals surface area contributed by atoms with Gasteiger partial charge >= 0.3 is 5.97 Å². The van der Waals surface area contributed by atoms with Crippen molar-refractivity contribution in [3.63, 3.8) is 0 Å². The fourth-order valence-corrected chi connectivity index (χ4v) is 2.92. The molecule has 8 heteroatoms. The number of carboxylic acids is 1. The molecule has 0 fully saturated rings. The maximum absolute atomic E-state index is 14.0. The van der Waals surface area contributed by atoms with E-state index in [1.54, 1.807) is 18.2 Å². The lowest BCUT2D eigenvalue weighted by Gasteiger charge is -2.13. The van der Waals surface area contributed by atoms with Gasteiger partial charge in [-0.2, -0.15) is 0 Å². The number of rotatable bonds is 3. The Hall–Kier alpha value is -0.930. The zero-order valence-corrected chi connectivity index (χ0v) is 14.6. The molecular weight excluding hydrogens is 482 g/mol. The molecule has 0 radical (unpaired) electrons. The molecule has 110 valence electrons. The second-order valence-corrected chi connectivity index (χ2v) is 6.47. The van der Waals surface area contributed by atoms with Crippen LogP contribution in [-0.2, 0) is 0 Å². The van der Waals surface area contributed by atoms with Crippen molar-refractivity contribution in [2.45, 2.75) is 0 Å². The highest BCUT2D eigenvalue weighted by Gasteiger charge is 2.22. The van der Waals surface area contributed by atoms with Gasteiger partial charge in [-0.1, -0.05) is 11.6 Å². The third kappa shape index (κ3) is 3.46. The molecule has 2 rings (SSSR count). The highest BCUT2D eigenvalue weighted by Crippen LogP contribution is 2.33. The number of carboxylic acid groups (broad SMARTS) is 1. The average Bonchev–Trinajstić information content (AvgIpc) is 2.41. The minimum absolute atomic E-state index is 0.265. The van der Waals surface area contributed by atoms with E-state index in [4.69, 9.17) is 16.7 Å². The van der Waals surface area contributed by atoms with E-state index >= 15 is 0 Å². The predicted molar refractivity (Wildman–Crippen MR) is 88.5 cm³/mol. The van der Waals surface area contributed by atoms with Crippen LogP contribution in [0.4, 0.5) is 20.2 Å². The molecule has 0 saturated carbocycles. The zero-order chi connectivity index (χ0) is 15.7. The normalized spacial score (nSPS) is 10.5. The van der Waals surface area contributed by atoms with Crippen molar-refractivity contribution in [3.05, 3.63) is 54.5 Å². The Morgan fingerprint density at radius 1 is 1.29 bits per heavy atom. The lowest BCUT2D eigenvalue weighted by molar-refractivity contribution is 0.0697. The molecule has 21 heavy (non-hydrogen) atoms. The summed E-state index contributed by atoms with van der Waals surface area (Å²) in [4.78, 5) is 11.2. The van der Waals surface area contributed by atoms with Gasteiger partial charge in [0.05, 0.1) is 26.4 Å². The minimum Gasteiger partial charge on any atom is -0.478 e. The van der Waals surface area contributed by atoms with Gasteiger partial charge < -0.3 is 10.4 Å². The Bertz CT molecular complexity index is 743. The molecule has 3 nitrogen and oxygen atoms in total. The van der Waals surface area contributed by atoms with Gasteiger partial charge in [0.15, 0.2) is 11.6 Å². The summed E-state index contributed by atoms with van der Waals surface area (Å²) >= 11 is 10.8. The van der Waals surface area contributed by atoms with E-state index < -0.39 is 28.9 Å². The van der Waals surface area contributed by atoms with Crippen molar-refractivity contribution >= 4 is 67.5 Å². The molecule has 0 spiro atoms. The monoisotopic (exact) mass is 487 g/mol. The molecule has 0 heterocycles. The van der Waals surface area contributed by atoms with Crippen LogP contribution >= 0.6 is 50.1 Å². The molecule has 0 bridgehead atoms. The standard InChI is InChI=1S/C13H6BrClF2INO2/c14-7-4-6(13(20)21)12(11(17)10(7)16)19-9-2-1-5(18)3-8(9)15/h1-4,19H,(H,20,21). The Kier molecular flexibility index (Phi) is 5.05. The van der Waals surface area contributed by atoms with Crippen LogP contribution in [0.15, 0.2) is 28.7 Å². The second-order valence-electron chi connectivity index (χ2n) is 3.96. The molecule has 2 aromatic carbocycles. The first-order chi connectivity index (χ1) is 9.81. The van der Waals surface area contributed by atoms with Gasteiger partial charge in [0, 0.05) is 3.57 Å². The first kappa shape index (κ1) is 16.4. The maximum Gasteiger partial charge on any atom is 0.337 e. The van der Waals surface area contributed by atoms with Crippen molar-refractivity contribution in [1.82, 2.24) is 0 Å². The molecule has 0 aliphatic carbocycles. The van der Waals surface area contributed by atoms with Crippen molar-refractivity contribution < 1.29 is 18.7 Å². The number of aromatic carboxylic acids is 1.